The first-order chi connectivity index (χ1) is 13.0. The quantitative estimate of drug-likeness (QED) is 0.732. The molecule has 0 atom stereocenters. The molecule has 27 heavy (non-hydrogen) atoms. The van der Waals surface area contributed by atoms with Crippen LogP contribution in [-0.2, 0) is 36.5 Å². The normalized spacial score (nSPS) is 14.4. The van der Waals surface area contributed by atoms with Gasteiger partial charge in [-0.05, 0) is 61.1 Å². The van der Waals surface area contributed by atoms with Gasteiger partial charge in [0.25, 0.3) is 0 Å². The van der Waals surface area contributed by atoms with Crippen molar-refractivity contribution in [3.05, 3.63) is 64.1 Å². The number of benzene rings is 2. The van der Waals surface area contributed by atoms with Gasteiger partial charge in [-0.15, -0.1) is 0 Å². The van der Waals surface area contributed by atoms with Gasteiger partial charge in [0.1, 0.15) is 0 Å². The Morgan fingerprint density at radius 1 is 1.00 bits per heavy atom. The zero-order valence-electron chi connectivity index (χ0n) is 15.3. The molecule has 6 nitrogen and oxygen atoms in total. The van der Waals surface area contributed by atoms with E-state index in [0.29, 0.717) is 4.90 Å². The third kappa shape index (κ3) is 3.33. The van der Waals surface area contributed by atoms with E-state index in [2.05, 4.69) is 4.72 Å². The summed E-state index contributed by atoms with van der Waals surface area (Å²) in [6, 6.07) is 12.9. The number of fused-ring (bicyclic) bond motifs is 2. The summed E-state index contributed by atoms with van der Waals surface area (Å²) in [5.74, 6) is 0. The van der Waals surface area contributed by atoms with Crippen LogP contribution in [0.5, 0.6) is 0 Å². The van der Waals surface area contributed by atoms with Crippen LogP contribution in [-0.4, -0.2) is 24.1 Å². The molecule has 0 bridgehead atoms. The van der Waals surface area contributed by atoms with Crippen LogP contribution in [0.3, 0.4) is 0 Å². The summed E-state index contributed by atoms with van der Waals surface area (Å²) in [5.41, 5.74) is 3.87. The van der Waals surface area contributed by atoms with Gasteiger partial charge in [0, 0.05) is 20.1 Å². The van der Waals surface area contributed by atoms with Crippen LogP contribution in [0, 0.1) is 0 Å². The number of nitrogens with one attached hydrogen (secondary N) is 1. The molecule has 0 amide bonds. The molecular weight excluding hydrogens is 362 g/mol. The SMILES string of the molecule is Cn1c(=O)n(CCNS(=O)(=O)c2ccc3c(c2)CCCC3)c2ccccc21. The molecule has 1 aromatic heterocycles. The lowest BCUT2D eigenvalue weighted by molar-refractivity contribution is 0.570. The van der Waals surface area contributed by atoms with E-state index in [1.165, 1.54) is 5.56 Å². The molecule has 0 spiro atoms. The van der Waals surface area contributed by atoms with Crippen molar-refractivity contribution >= 4 is 21.1 Å². The summed E-state index contributed by atoms with van der Waals surface area (Å²) in [7, 11) is -1.87. The Labute approximate surface area is 158 Å². The Balaban J connectivity index is 1.52. The largest absolute Gasteiger partial charge is 0.328 e. The average Bonchev–Trinajstić information content (AvgIpc) is 2.92. The zero-order chi connectivity index (χ0) is 19.0. The summed E-state index contributed by atoms with van der Waals surface area (Å²) >= 11 is 0. The lowest BCUT2D eigenvalue weighted by atomic mass is 9.92. The number of imidazole rings is 1. The molecule has 0 saturated carbocycles. The van der Waals surface area contributed by atoms with E-state index in [9.17, 15) is 13.2 Å². The van der Waals surface area contributed by atoms with Gasteiger partial charge in [0.15, 0.2) is 0 Å². The Kier molecular flexibility index (Phi) is 4.65. The smallest absolute Gasteiger partial charge is 0.295 e. The second-order valence-corrected chi connectivity index (χ2v) is 8.78. The molecular formula is C20H23N3O3S. The standard InChI is InChI=1S/C20H23N3O3S/c1-22-18-8-4-5-9-19(18)23(20(22)24)13-12-21-27(25,26)17-11-10-15-6-2-3-7-16(15)14-17/h4-5,8-11,14,21H,2-3,6-7,12-13H2,1H3. The number of nitrogens with zero attached hydrogens (tertiary/aromatic N) is 2. The van der Waals surface area contributed by atoms with Gasteiger partial charge in [0.2, 0.25) is 10.0 Å². The third-order valence-electron chi connectivity index (χ3n) is 5.31. The van der Waals surface area contributed by atoms with Crippen molar-refractivity contribution in [1.82, 2.24) is 13.9 Å². The van der Waals surface area contributed by atoms with Gasteiger partial charge in [0.05, 0.1) is 15.9 Å². The van der Waals surface area contributed by atoms with Crippen molar-refractivity contribution in [1.29, 1.82) is 0 Å². The molecule has 1 heterocycles. The minimum Gasteiger partial charge on any atom is -0.295 e. The highest BCUT2D eigenvalue weighted by atomic mass is 32.2. The lowest BCUT2D eigenvalue weighted by Crippen LogP contribution is -2.31. The molecule has 4 rings (SSSR count). The number of hydrogen-bond acceptors (Lipinski definition) is 3. The van der Waals surface area contributed by atoms with Gasteiger partial charge in [-0.25, -0.2) is 17.9 Å². The fraction of sp³-hybridized carbons (Fsp3) is 0.350. The number of hydrogen-bond donors (Lipinski definition) is 1. The van der Waals surface area contributed by atoms with Crippen LogP contribution in [0.4, 0.5) is 0 Å². The second-order valence-electron chi connectivity index (χ2n) is 7.02. The molecule has 0 fully saturated rings. The van der Waals surface area contributed by atoms with Crippen LogP contribution in [0.25, 0.3) is 11.0 Å². The summed E-state index contributed by atoms with van der Waals surface area (Å²) in [5, 5.41) is 0. The van der Waals surface area contributed by atoms with E-state index in [0.717, 1.165) is 42.3 Å². The number of aryl methyl sites for hydroxylation is 3. The van der Waals surface area contributed by atoms with Gasteiger partial charge in [-0.1, -0.05) is 18.2 Å². The first-order valence-electron chi connectivity index (χ1n) is 9.23. The minimum atomic E-state index is -3.60. The Hall–Kier alpha value is -2.38. The first-order valence-corrected chi connectivity index (χ1v) is 10.7. The number of para-hydroxylation sites is 2. The fourth-order valence-corrected chi connectivity index (χ4v) is 4.90. The van der Waals surface area contributed by atoms with Crippen molar-refractivity contribution in [3.8, 4) is 0 Å². The van der Waals surface area contributed by atoms with Crippen LogP contribution < -0.4 is 10.4 Å². The third-order valence-corrected chi connectivity index (χ3v) is 6.77. The maximum atomic E-state index is 12.7. The summed E-state index contributed by atoms with van der Waals surface area (Å²) in [4.78, 5) is 12.7. The van der Waals surface area contributed by atoms with Crippen molar-refractivity contribution in [2.75, 3.05) is 6.54 Å². The van der Waals surface area contributed by atoms with Gasteiger partial charge < -0.3 is 0 Å². The fourth-order valence-electron chi connectivity index (χ4n) is 3.83. The van der Waals surface area contributed by atoms with E-state index >= 15 is 0 Å². The molecule has 0 unspecified atom stereocenters. The van der Waals surface area contributed by atoms with Gasteiger partial charge in [-0.3, -0.25) is 9.13 Å². The van der Waals surface area contributed by atoms with Crippen LogP contribution in [0.1, 0.15) is 24.0 Å². The first kappa shape index (κ1) is 18.0. The van der Waals surface area contributed by atoms with Crippen LogP contribution in [0.2, 0.25) is 0 Å². The maximum Gasteiger partial charge on any atom is 0.328 e. The molecule has 1 N–H and O–H groups in total. The highest BCUT2D eigenvalue weighted by Gasteiger charge is 2.18. The number of sulfonamides is 1. The molecule has 0 radical (unpaired) electrons. The molecule has 0 aliphatic heterocycles. The molecule has 7 heteroatoms. The monoisotopic (exact) mass is 385 g/mol. The number of rotatable bonds is 5. The van der Waals surface area contributed by atoms with E-state index in [1.54, 1.807) is 28.3 Å². The van der Waals surface area contributed by atoms with Gasteiger partial charge in [-0.2, -0.15) is 0 Å². The predicted octanol–water partition coefficient (Wildman–Crippen LogP) is 2.20. The number of aromatic nitrogens is 2. The van der Waals surface area contributed by atoms with E-state index < -0.39 is 10.0 Å². The van der Waals surface area contributed by atoms with E-state index in [1.807, 2.05) is 30.3 Å². The highest BCUT2D eigenvalue weighted by Crippen LogP contribution is 2.24. The molecule has 0 saturated heterocycles. The van der Waals surface area contributed by atoms with Crippen molar-refractivity contribution in [2.24, 2.45) is 7.05 Å². The Bertz CT molecular complexity index is 1160. The van der Waals surface area contributed by atoms with Crippen molar-refractivity contribution in [2.45, 2.75) is 37.1 Å². The highest BCUT2D eigenvalue weighted by molar-refractivity contribution is 7.89. The molecule has 2 aromatic carbocycles. The summed E-state index contributed by atoms with van der Waals surface area (Å²) in [6.45, 7) is 0.442. The lowest BCUT2D eigenvalue weighted by Gasteiger charge is -2.16. The molecule has 1 aliphatic carbocycles. The maximum absolute atomic E-state index is 12.7. The van der Waals surface area contributed by atoms with Crippen molar-refractivity contribution in [3.63, 3.8) is 0 Å². The van der Waals surface area contributed by atoms with E-state index in [4.69, 9.17) is 0 Å². The Morgan fingerprint density at radius 2 is 1.70 bits per heavy atom. The predicted molar refractivity (Wildman–Crippen MR) is 105 cm³/mol. The summed E-state index contributed by atoms with van der Waals surface area (Å²) in [6.07, 6.45) is 4.22. The second kappa shape index (κ2) is 6.98. The van der Waals surface area contributed by atoms with E-state index in [-0.39, 0.29) is 18.8 Å². The Morgan fingerprint density at radius 3 is 2.48 bits per heavy atom. The summed E-state index contributed by atoms with van der Waals surface area (Å²) < 4.78 is 31.1. The molecule has 142 valence electrons. The topological polar surface area (TPSA) is 73.1 Å². The van der Waals surface area contributed by atoms with Crippen molar-refractivity contribution < 1.29 is 8.42 Å². The molecule has 1 aliphatic rings. The average molecular weight is 385 g/mol. The van der Waals surface area contributed by atoms with Gasteiger partial charge >= 0.3 is 5.69 Å². The zero-order valence-corrected chi connectivity index (χ0v) is 16.1. The van der Waals surface area contributed by atoms with Crippen LogP contribution >= 0.6 is 0 Å². The minimum absolute atomic E-state index is 0.149. The van der Waals surface area contributed by atoms with Crippen LogP contribution in [0.15, 0.2) is 52.2 Å². The molecule has 3 aromatic rings.